The first-order valence-corrected chi connectivity index (χ1v) is 7.23. The second kappa shape index (κ2) is 5.27. The van der Waals surface area contributed by atoms with Gasteiger partial charge >= 0.3 is 0 Å². The van der Waals surface area contributed by atoms with Gasteiger partial charge in [-0.25, -0.2) is 4.98 Å². The molecule has 1 aliphatic heterocycles. The van der Waals surface area contributed by atoms with Crippen molar-refractivity contribution in [3.8, 4) is 0 Å². The van der Waals surface area contributed by atoms with Crippen LogP contribution < -0.4 is 10.2 Å². The zero-order valence-corrected chi connectivity index (χ0v) is 11.3. The first kappa shape index (κ1) is 12.0. The van der Waals surface area contributed by atoms with Crippen LogP contribution in [0.1, 0.15) is 30.5 Å². The summed E-state index contributed by atoms with van der Waals surface area (Å²) in [4.78, 5) is 7.17. The topological polar surface area (TPSA) is 28.2 Å². The van der Waals surface area contributed by atoms with E-state index in [1.54, 1.807) is 0 Å². The molecule has 3 nitrogen and oxygen atoms in total. The molecule has 0 aromatic carbocycles. The van der Waals surface area contributed by atoms with Crippen molar-refractivity contribution in [3.05, 3.63) is 23.4 Å². The number of anilines is 1. The second-order valence-corrected chi connectivity index (χ2v) is 5.70. The van der Waals surface area contributed by atoms with Crippen LogP contribution in [0.25, 0.3) is 0 Å². The lowest BCUT2D eigenvalue weighted by Gasteiger charge is -2.28. The molecule has 18 heavy (non-hydrogen) atoms. The van der Waals surface area contributed by atoms with E-state index in [1.165, 1.54) is 56.5 Å². The van der Waals surface area contributed by atoms with Crippen LogP contribution in [-0.2, 0) is 12.8 Å². The molecular formula is C15H23N3. The van der Waals surface area contributed by atoms with E-state index in [0.717, 1.165) is 18.3 Å². The molecule has 1 aromatic rings. The summed E-state index contributed by atoms with van der Waals surface area (Å²) in [6.45, 7) is 3.50. The van der Waals surface area contributed by atoms with E-state index in [9.17, 15) is 0 Å². The first-order valence-electron chi connectivity index (χ1n) is 7.23. The second-order valence-electron chi connectivity index (χ2n) is 5.70. The monoisotopic (exact) mass is 245 g/mol. The molecule has 1 saturated heterocycles. The Morgan fingerprint density at radius 2 is 2.11 bits per heavy atom. The SMILES string of the molecule is CN(CC1CCNCC1)c1ccc2c(n1)CCC2. The van der Waals surface area contributed by atoms with Crippen LogP contribution >= 0.6 is 0 Å². The Morgan fingerprint density at radius 3 is 2.94 bits per heavy atom. The molecule has 0 amide bonds. The molecule has 3 rings (SSSR count). The van der Waals surface area contributed by atoms with Crippen molar-refractivity contribution >= 4 is 5.82 Å². The Hall–Kier alpha value is -1.09. The van der Waals surface area contributed by atoms with Crippen LogP contribution in [-0.4, -0.2) is 31.7 Å². The van der Waals surface area contributed by atoms with Crippen LogP contribution in [0.3, 0.4) is 0 Å². The van der Waals surface area contributed by atoms with Crippen molar-refractivity contribution in [1.82, 2.24) is 10.3 Å². The summed E-state index contributed by atoms with van der Waals surface area (Å²) in [7, 11) is 2.19. The van der Waals surface area contributed by atoms with E-state index in [4.69, 9.17) is 4.98 Å². The van der Waals surface area contributed by atoms with E-state index in [-0.39, 0.29) is 0 Å². The molecule has 0 spiro atoms. The summed E-state index contributed by atoms with van der Waals surface area (Å²) in [6, 6.07) is 4.48. The number of fused-ring (bicyclic) bond motifs is 1. The summed E-state index contributed by atoms with van der Waals surface area (Å²) in [6.07, 6.45) is 6.28. The first-order chi connectivity index (χ1) is 8.83. The number of hydrogen-bond acceptors (Lipinski definition) is 3. The third kappa shape index (κ3) is 2.51. The lowest BCUT2D eigenvalue weighted by molar-refractivity contribution is 0.377. The fourth-order valence-electron chi connectivity index (χ4n) is 3.17. The van der Waals surface area contributed by atoms with E-state index in [0.29, 0.717) is 0 Å². The molecule has 2 aliphatic rings. The molecule has 0 radical (unpaired) electrons. The number of aryl methyl sites for hydroxylation is 2. The maximum atomic E-state index is 4.83. The zero-order valence-electron chi connectivity index (χ0n) is 11.3. The van der Waals surface area contributed by atoms with E-state index < -0.39 is 0 Å². The average Bonchev–Trinajstić information content (AvgIpc) is 2.87. The van der Waals surface area contributed by atoms with Crippen molar-refractivity contribution < 1.29 is 0 Å². The van der Waals surface area contributed by atoms with Crippen molar-refractivity contribution in [1.29, 1.82) is 0 Å². The highest BCUT2D eigenvalue weighted by Crippen LogP contribution is 2.24. The molecule has 1 N–H and O–H groups in total. The summed E-state index contributed by atoms with van der Waals surface area (Å²) in [5, 5.41) is 3.43. The van der Waals surface area contributed by atoms with Gasteiger partial charge in [-0.05, 0) is 62.7 Å². The Kier molecular flexibility index (Phi) is 3.50. The number of nitrogens with zero attached hydrogens (tertiary/aromatic N) is 2. The number of pyridine rings is 1. The molecule has 0 unspecified atom stereocenters. The predicted molar refractivity (Wildman–Crippen MR) is 75.1 cm³/mol. The number of hydrogen-bond donors (Lipinski definition) is 1. The number of aromatic nitrogens is 1. The van der Waals surface area contributed by atoms with Crippen molar-refractivity contribution in [2.24, 2.45) is 5.92 Å². The quantitative estimate of drug-likeness (QED) is 0.883. The van der Waals surface area contributed by atoms with Gasteiger partial charge in [0.2, 0.25) is 0 Å². The zero-order chi connectivity index (χ0) is 12.4. The van der Waals surface area contributed by atoms with E-state index >= 15 is 0 Å². The van der Waals surface area contributed by atoms with Gasteiger partial charge in [-0.1, -0.05) is 6.07 Å². The lowest BCUT2D eigenvalue weighted by atomic mass is 9.98. The number of nitrogens with one attached hydrogen (secondary N) is 1. The summed E-state index contributed by atoms with van der Waals surface area (Å²) in [5.41, 5.74) is 2.80. The highest BCUT2D eigenvalue weighted by atomic mass is 15.2. The van der Waals surface area contributed by atoms with Gasteiger partial charge in [0.1, 0.15) is 5.82 Å². The average molecular weight is 245 g/mol. The van der Waals surface area contributed by atoms with Gasteiger partial charge in [0, 0.05) is 19.3 Å². The smallest absolute Gasteiger partial charge is 0.128 e. The third-order valence-corrected chi connectivity index (χ3v) is 4.30. The van der Waals surface area contributed by atoms with Gasteiger partial charge < -0.3 is 10.2 Å². The highest BCUT2D eigenvalue weighted by molar-refractivity contribution is 5.42. The molecule has 1 fully saturated rings. The summed E-state index contributed by atoms with van der Waals surface area (Å²) < 4.78 is 0. The van der Waals surface area contributed by atoms with Gasteiger partial charge in [-0.2, -0.15) is 0 Å². The van der Waals surface area contributed by atoms with Crippen LogP contribution in [0, 0.1) is 5.92 Å². The normalized spacial score (nSPS) is 19.8. The Bertz CT molecular complexity index is 410. The lowest BCUT2D eigenvalue weighted by Crippen LogP contribution is -2.34. The molecule has 1 aromatic heterocycles. The van der Waals surface area contributed by atoms with Gasteiger partial charge in [0.15, 0.2) is 0 Å². The van der Waals surface area contributed by atoms with Crippen LogP contribution in [0.2, 0.25) is 0 Å². The maximum Gasteiger partial charge on any atom is 0.128 e. The minimum absolute atomic E-state index is 0.825. The molecule has 1 aliphatic carbocycles. The Balaban J connectivity index is 1.66. The molecule has 0 atom stereocenters. The number of rotatable bonds is 3. The van der Waals surface area contributed by atoms with Crippen molar-refractivity contribution in [2.75, 3.05) is 31.6 Å². The minimum Gasteiger partial charge on any atom is -0.359 e. The Morgan fingerprint density at radius 1 is 1.28 bits per heavy atom. The van der Waals surface area contributed by atoms with Crippen LogP contribution in [0.15, 0.2) is 12.1 Å². The molecular weight excluding hydrogens is 222 g/mol. The summed E-state index contributed by atoms with van der Waals surface area (Å²) in [5.74, 6) is 1.99. The molecule has 2 heterocycles. The van der Waals surface area contributed by atoms with Gasteiger partial charge in [0.05, 0.1) is 0 Å². The van der Waals surface area contributed by atoms with Crippen LogP contribution in [0.4, 0.5) is 5.82 Å². The van der Waals surface area contributed by atoms with Gasteiger partial charge in [-0.15, -0.1) is 0 Å². The third-order valence-electron chi connectivity index (χ3n) is 4.30. The van der Waals surface area contributed by atoms with Gasteiger partial charge in [-0.3, -0.25) is 0 Å². The van der Waals surface area contributed by atoms with Crippen LogP contribution in [0.5, 0.6) is 0 Å². The molecule has 0 saturated carbocycles. The molecule has 3 heteroatoms. The molecule has 0 bridgehead atoms. The number of piperidine rings is 1. The maximum absolute atomic E-state index is 4.83. The highest BCUT2D eigenvalue weighted by Gasteiger charge is 2.17. The standard InChI is InChI=1S/C15H23N3/c1-18(11-12-7-9-16-10-8-12)15-6-5-13-3-2-4-14(13)17-15/h5-6,12,16H,2-4,7-11H2,1H3. The predicted octanol–water partition coefficient (Wildman–Crippen LogP) is 2.01. The minimum atomic E-state index is 0.825. The largest absolute Gasteiger partial charge is 0.359 e. The van der Waals surface area contributed by atoms with Crippen molar-refractivity contribution in [3.63, 3.8) is 0 Å². The van der Waals surface area contributed by atoms with E-state index in [1.807, 2.05) is 0 Å². The molecule has 98 valence electrons. The summed E-state index contributed by atoms with van der Waals surface area (Å²) >= 11 is 0. The van der Waals surface area contributed by atoms with E-state index in [2.05, 4.69) is 29.4 Å². The van der Waals surface area contributed by atoms with Crippen molar-refractivity contribution in [2.45, 2.75) is 32.1 Å². The fourth-order valence-corrected chi connectivity index (χ4v) is 3.17. The Labute approximate surface area is 110 Å². The fraction of sp³-hybridized carbons (Fsp3) is 0.667. The van der Waals surface area contributed by atoms with Gasteiger partial charge in [0.25, 0.3) is 0 Å².